The zero-order valence-electron chi connectivity index (χ0n) is 24.0. The number of halogens is 3. The van der Waals surface area contributed by atoms with E-state index in [1.807, 2.05) is 12.4 Å². The second-order valence-corrected chi connectivity index (χ2v) is 11.4. The van der Waals surface area contributed by atoms with Crippen LogP contribution in [-0.2, 0) is 58.9 Å². The average molecular weight is 866 g/mol. The molecule has 0 saturated carbocycles. The minimum Gasteiger partial charge on any atom is -0.861 e. The molecule has 0 amide bonds. The van der Waals surface area contributed by atoms with Crippen LogP contribution in [0.5, 0.6) is 0 Å². The number of nitrogens with one attached hydrogen (secondary N) is 1. The van der Waals surface area contributed by atoms with Gasteiger partial charge in [-0.15, -0.1) is 32.1 Å². The third-order valence-electron chi connectivity index (χ3n) is 3.95. The summed E-state index contributed by atoms with van der Waals surface area (Å²) in [7, 11) is -1.68. The predicted octanol–water partition coefficient (Wildman–Crippen LogP) is -7.10. The molecular formula is C22H36Cl3N5O9Pd2S. The van der Waals surface area contributed by atoms with E-state index in [4.69, 9.17) is 66.9 Å². The maximum absolute atomic E-state index is 9.35. The number of hydrogen-bond acceptors (Lipinski definition) is 15. The fourth-order valence-corrected chi connectivity index (χ4v) is 2.36. The molecule has 0 saturated heterocycles. The predicted molar refractivity (Wildman–Crippen MR) is 131 cm³/mol. The Morgan fingerprint density at radius 2 is 1.10 bits per heavy atom. The van der Waals surface area contributed by atoms with E-state index in [2.05, 4.69) is 80.9 Å². The monoisotopic (exact) mass is 863 g/mol. The van der Waals surface area contributed by atoms with Crippen LogP contribution >= 0.6 is 11.6 Å². The van der Waals surface area contributed by atoms with Crippen LogP contribution in [-0.4, -0.2) is 88.4 Å². The number of rotatable bonds is 9. The van der Waals surface area contributed by atoms with Gasteiger partial charge in [0, 0.05) is 31.4 Å². The van der Waals surface area contributed by atoms with Crippen LogP contribution in [0.4, 0.5) is 0 Å². The molecule has 0 unspecified atom stereocenters. The van der Waals surface area contributed by atoms with Gasteiger partial charge in [0.05, 0.1) is 13.1 Å². The van der Waals surface area contributed by atoms with Crippen molar-refractivity contribution < 1.29 is 104 Å². The Morgan fingerprint density at radius 1 is 0.833 bits per heavy atom. The molecule has 0 atom stereocenters. The summed E-state index contributed by atoms with van der Waals surface area (Å²) >= 11 is 10.5. The van der Waals surface area contributed by atoms with Gasteiger partial charge in [0.2, 0.25) is 0 Å². The first-order valence-corrected chi connectivity index (χ1v) is 14.5. The quantitative estimate of drug-likeness (QED) is 0.0799. The van der Waals surface area contributed by atoms with E-state index >= 15 is 0 Å². The van der Waals surface area contributed by atoms with Crippen molar-refractivity contribution in [2.45, 2.75) is 31.1 Å². The Hall–Kier alpha value is 0.0447. The number of hydrogen-bond donors (Lipinski definition) is 1. The standard InChI is InChI=1S/C20H34N4S.C2H4ClNO.2ClHO4.2Pd/c1-20(2,3)18-12-16(14-21-8-10-23(4)5)19(25)17(13-18)15-22-9-11-24(6)7;3-1-2(4)5;2*2-1(3,4)5;;/h12-15,25H,8-11H2,1-7H3;1H2,(H2,4,5);2*(H,2,3,4,5);;/q;;;;2*+2/p-4. The van der Waals surface area contributed by atoms with E-state index in [1.54, 1.807) is 0 Å². The van der Waals surface area contributed by atoms with Crippen molar-refractivity contribution >= 4 is 42.6 Å². The van der Waals surface area contributed by atoms with Gasteiger partial charge >= 0.3 is 40.8 Å². The van der Waals surface area contributed by atoms with E-state index < -0.39 is 26.4 Å². The van der Waals surface area contributed by atoms with Gasteiger partial charge in [0.1, 0.15) is 0 Å². The van der Waals surface area contributed by atoms with Crippen molar-refractivity contribution in [2.75, 3.05) is 60.2 Å². The molecule has 42 heavy (non-hydrogen) atoms. The third kappa shape index (κ3) is 42.2. The summed E-state index contributed by atoms with van der Waals surface area (Å²) in [6.07, 6.45) is 3.83. The van der Waals surface area contributed by atoms with Crippen molar-refractivity contribution in [1.29, 1.82) is 5.41 Å². The Labute approximate surface area is 289 Å². The topological polar surface area (TPSA) is 263 Å². The van der Waals surface area contributed by atoms with E-state index in [-0.39, 0.29) is 52.1 Å². The molecule has 0 heterocycles. The maximum Gasteiger partial charge on any atom is 2.00 e. The van der Waals surface area contributed by atoms with Crippen LogP contribution in [0, 0.1) is 25.9 Å². The summed E-state index contributed by atoms with van der Waals surface area (Å²) in [6, 6.07) is 4.33. The molecule has 250 valence electrons. The molecule has 0 aliphatic rings. The van der Waals surface area contributed by atoms with Crippen LogP contribution in [0.3, 0.4) is 0 Å². The van der Waals surface area contributed by atoms with E-state index in [0.717, 1.165) is 42.2 Å². The largest absolute Gasteiger partial charge is 2.00 e. The molecule has 0 aliphatic heterocycles. The van der Waals surface area contributed by atoms with E-state index in [0.29, 0.717) is 0 Å². The second-order valence-electron chi connectivity index (χ2n) is 9.22. The van der Waals surface area contributed by atoms with E-state index in [1.165, 1.54) is 5.56 Å². The van der Waals surface area contributed by atoms with Gasteiger partial charge in [-0.3, -0.25) is 9.98 Å². The molecule has 0 aromatic heterocycles. The zero-order chi connectivity index (χ0) is 32.3. The Balaban J connectivity index is -0.000000221. The second kappa shape index (κ2) is 26.3. The number of nitrogens with zero attached hydrogens (tertiary/aromatic N) is 4. The SMILES string of the molecule is CN(C)CCN=Cc1cc(C(C)(C)C)cc(C=NCCN(C)C)c1[S-].N=C([O-])CCl.[O-][Cl+3]([O-])([O-])[O-].[O-][Cl+3]([O-])([O-])[O-].[Pd+2].[Pd+2]. The molecule has 1 rings (SSSR count). The summed E-state index contributed by atoms with van der Waals surface area (Å²) in [5, 5.41) is 15.4. The molecular weight excluding hydrogens is 830 g/mol. The van der Waals surface area contributed by atoms with Gasteiger partial charge < -0.3 is 32.9 Å². The van der Waals surface area contributed by atoms with Gasteiger partial charge in [-0.25, -0.2) is 37.3 Å². The Morgan fingerprint density at radius 3 is 1.29 bits per heavy atom. The van der Waals surface area contributed by atoms with Crippen molar-refractivity contribution in [3.8, 4) is 0 Å². The Bertz CT molecular complexity index is 850. The molecule has 0 fully saturated rings. The van der Waals surface area contributed by atoms with Gasteiger partial charge in [-0.05, 0) is 56.2 Å². The number of likely N-dealkylation sites (N-methyl/N-ethyl adjacent to an activating group) is 2. The summed E-state index contributed by atoms with van der Waals surface area (Å²) < 4.78 is 67.9. The average Bonchev–Trinajstić information content (AvgIpc) is 2.73. The van der Waals surface area contributed by atoms with Gasteiger partial charge in [-0.2, -0.15) is 4.90 Å². The molecule has 20 heteroatoms. The first kappa shape index (κ1) is 51.6. The van der Waals surface area contributed by atoms with Crippen molar-refractivity contribution in [3.05, 3.63) is 28.8 Å². The summed E-state index contributed by atoms with van der Waals surface area (Å²) in [6.45, 7) is 10.0. The molecule has 0 bridgehead atoms. The molecule has 1 aromatic carbocycles. The fourth-order valence-electron chi connectivity index (χ4n) is 2.14. The molecule has 14 nitrogen and oxygen atoms in total. The van der Waals surface area contributed by atoms with E-state index in [9.17, 15) is 5.11 Å². The molecule has 0 spiro atoms. The van der Waals surface area contributed by atoms with Crippen molar-refractivity contribution in [3.63, 3.8) is 0 Å². The van der Waals surface area contributed by atoms with Crippen molar-refractivity contribution in [2.24, 2.45) is 9.98 Å². The summed E-state index contributed by atoms with van der Waals surface area (Å²) in [5.41, 5.74) is 3.33. The smallest absolute Gasteiger partial charge is 0.861 e. The summed E-state index contributed by atoms with van der Waals surface area (Å²) in [4.78, 5) is 14.2. The van der Waals surface area contributed by atoms with Crippen LogP contribution in [0.25, 0.3) is 0 Å². The Kier molecular flexibility index (Phi) is 32.3. The number of alkyl halides is 1. The van der Waals surface area contributed by atoms with Gasteiger partial charge in [-0.1, -0.05) is 32.9 Å². The van der Waals surface area contributed by atoms with Crippen LogP contribution < -0.4 is 42.4 Å². The number of benzene rings is 1. The molecule has 1 aromatic rings. The minimum absolute atomic E-state index is 0. The fraction of sp³-hybridized carbons (Fsp3) is 0.591. The summed E-state index contributed by atoms with van der Waals surface area (Å²) in [5.74, 6) is -0.924. The first-order chi connectivity index (χ1) is 17.9. The van der Waals surface area contributed by atoms with Crippen LogP contribution in [0.2, 0.25) is 0 Å². The van der Waals surface area contributed by atoms with Crippen molar-refractivity contribution in [1.82, 2.24) is 9.80 Å². The third-order valence-corrected chi connectivity index (χ3v) is 4.66. The number of aliphatic imine (C=N–C) groups is 2. The zero-order valence-corrected chi connectivity index (χ0v) is 30.2. The molecule has 1 N–H and O–H groups in total. The van der Waals surface area contributed by atoms with Crippen LogP contribution in [0.15, 0.2) is 27.0 Å². The van der Waals surface area contributed by atoms with Gasteiger partial charge in [0.25, 0.3) is 0 Å². The molecule has 0 aliphatic carbocycles. The normalized spacial score (nSPS) is 11.5. The maximum atomic E-state index is 9.35. The van der Waals surface area contributed by atoms with Gasteiger partial charge in [0.15, 0.2) is 0 Å². The molecule has 0 radical (unpaired) electrons. The minimum atomic E-state index is -4.94. The van der Waals surface area contributed by atoms with Crippen LogP contribution in [0.1, 0.15) is 37.5 Å². The first-order valence-electron chi connectivity index (χ1n) is 11.1.